The van der Waals surface area contributed by atoms with Crippen molar-refractivity contribution in [3.8, 4) is 0 Å². The van der Waals surface area contributed by atoms with Crippen LogP contribution in [-0.4, -0.2) is 35.0 Å². The van der Waals surface area contributed by atoms with Gasteiger partial charge in [0.15, 0.2) is 5.16 Å². The Morgan fingerprint density at radius 1 is 1.21 bits per heavy atom. The number of amides is 1. The molecule has 0 aliphatic carbocycles. The quantitative estimate of drug-likeness (QED) is 0.402. The number of rotatable bonds is 6. The fourth-order valence-electron chi connectivity index (χ4n) is 3.38. The molecule has 1 N–H and O–H groups in total. The molecule has 0 spiro atoms. The molecule has 34 heavy (non-hydrogen) atoms. The number of alkyl halides is 3. The number of hydrogen-bond acceptors (Lipinski definition) is 6. The molecule has 1 amide bonds. The fraction of sp³-hybridized carbons (Fsp3) is 0.286. The molecule has 0 bridgehead atoms. The normalized spacial score (nSPS) is 11.9. The van der Waals surface area contributed by atoms with E-state index in [1.807, 2.05) is 7.05 Å². The average Bonchev–Trinajstić information content (AvgIpc) is 3.36. The molecule has 0 fully saturated rings. The zero-order valence-corrected chi connectivity index (χ0v) is 19.1. The monoisotopic (exact) mass is 493 g/mol. The molecule has 0 saturated carbocycles. The first kappa shape index (κ1) is 23.7. The van der Waals surface area contributed by atoms with Crippen LogP contribution in [0.15, 0.2) is 40.6 Å². The van der Waals surface area contributed by atoms with Crippen molar-refractivity contribution in [3.63, 3.8) is 0 Å². The number of imidazole rings is 1. The first-order chi connectivity index (χ1) is 16.0. The molecule has 3 heterocycles. The predicted octanol–water partition coefficient (Wildman–Crippen LogP) is 4.36. The van der Waals surface area contributed by atoms with Crippen molar-refractivity contribution in [2.24, 2.45) is 7.05 Å². The molecule has 0 aliphatic heterocycles. The van der Waals surface area contributed by atoms with E-state index in [0.29, 0.717) is 32.7 Å². The molecule has 13 heteroatoms. The molecular formula is C21H19F4N7OS. The summed E-state index contributed by atoms with van der Waals surface area (Å²) in [6, 6.07) is 4.07. The Bertz CT molecular complexity index is 1380. The van der Waals surface area contributed by atoms with E-state index in [2.05, 4.69) is 25.4 Å². The van der Waals surface area contributed by atoms with Gasteiger partial charge in [0, 0.05) is 42.1 Å². The molecule has 4 rings (SSSR count). The van der Waals surface area contributed by atoms with E-state index in [9.17, 15) is 22.4 Å². The van der Waals surface area contributed by atoms with Gasteiger partial charge in [-0.15, -0.1) is 5.10 Å². The van der Waals surface area contributed by atoms with Crippen LogP contribution in [0.5, 0.6) is 0 Å². The molecule has 1 aromatic carbocycles. The van der Waals surface area contributed by atoms with Crippen molar-refractivity contribution < 1.29 is 22.4 Å². The Morgan fingerprint density at radius 3 is 2.65 bits per heavy atom. The maximum atomic E-state index is 13.9. The number of aromatic nitrogens is 6. The minimum Gasteiger partial charge on any atom is -0.329 e. The van der Waals surface area contributed by atoms with Gasteiger partial charge in [0.2, 0.25) is 5.91 Å². The van der Waals surface area contributed by atoms with Crippen LogP contribution in [0.4, 0.5) is 23.2 Å². The molecule has 3 aromatic heterocycles. The highest BCUT2D eigenvalue weighted by Crippen LogP contribution is 2.33. The maximum absolute atomic E-state index is 13.9. The molecule has 0 atom stereocenters. The van der Waals surface area contributed by atoms with Gasteiger partial charge >= 0.3 is 6.18 Å². The summed E-state index contributed by atoms with van der Waals surface area (Å²) >= 11 is 1.27. The van der Waals surface area contributed by atoms with Gasteiger partial charge in [-0.2, -0.15) is 18.2 Å². The van der Waals surface area contributed by atoms with E-state index in [-0.39, 0.29) is 24.5 Å². The maximum Gasteiger partial charge on any atom is 0.453 e. The lowest BCUT2D eigenvalue weighted by atomic mass is 10.1. The Labute approximate surface area is 195 Å². The van der Waals surface area contributed by atoms with E-state index in [4.69, 9.17) is 0 Å². The van der Waals surface area contributed by atoms with Gasteiger partial charge in [-0.3, -0.25) is 4.79 Å². The lowest BCUT2D eigenvalue weighted by molar-refractivity contribution is -0.144. The van der Waals surface area contributed by atoms with Gasteiger partial charge in [-0.25, -0.2) is 18.9 Å². The molecule has 0 saturated heterocycles. The Kier molecular flexibility index (Phi) is 6.30. The highest BCUT2D eigenvalue weighted by molar-refractivity contribution is 7.99. The number of carbonyl (C=O) groups is 1. The molecule has 178 valence electrons. The molecule has 0 unspecified atom stereocenters. The van der Waals surface area contributed by atoms with Gasteiger partial charge in [-0.05, 0) is 55.8 Å². The third-order valence-corrected chi connectivity index (χ3v) is 6.25. The van der Waals surface area contributed by atoms with Crippen LogP contribution in [0.1, 0.15) is 29.2 Å². The number of halogens is 4. The van der Waals surface area contributed by atoms with E-state index in [1.165, 1.54) is 23.9 Å². The second-order valence-corrected chi connectivity index (χ2v) is 8.53. The number of nitrogens with zero attached hydrogens (tertiary/aromatic N) is 6. The minimum atomic E-state index is -4.69. The zero-order valence-electron chi connectivity index (χ0n) is 18.3. The van der Waals surface area contributed by atoms with E-state index in [1.54, 1.807) is 36.9 Å². The van der Waals surface area contributed by atoms with E-state index < -0.39 is 17.8 Å². The first-order valence-corrected chi connectivity index (χ1v) is 10.9. The molecule has 4 aromatic rings. The summed E-state index contributed by atoms with van der Waals surface area (Å²) in [6.07, 6.45) is -1.09. The van der Waals surface area contributed by atoms with Gasteiger partial charge in [-0.1, -0.05) is 0 Å². The van der Waals surface area contributed by atoms with Crippen molar-refractivity contribution >= 4 is 29.1 Å². The summed E-state index contributed by atoms with van der Waals surface area (Å²) in [5.41, 5.74) is 1.75. The standard InChI is InChI=1S/C21H19F4N7OS/c1-11-14(12(2)32-19(27-11)29-18(30-32)21(23,24)25)5-7-17(33)28-15-10-13(22)4-6-16(15)34-20-26-8-9-31(20)3/h4,6,8-10H,5,7H2,1-3H3,(H,28,33). The third-order valence-electron chi connectivity index (χ3n) is 5.10. The van der Waals surface area contributed by atoms with E-state index in [0.717, 1.165) is 4.52 Å². The van der Waals surface area contributed by atoms with Crippen molar-refractivity contribution in [2.75, 3.05) is 5.32 Å². The fourth-order valence-corrected chi connectivity index (χ4v) is 4.25. The number of anilines is 1. The van der Waals surface area contributed by atoms with Crippen LogP contribution in [0.3, 0.4) is 0 Å². The second kappa shape index (κ2) is 9.05. The van der Waals surface area contributed by atoms with E-state index >= 15 is 0 Å². The molecule has 8 nitrogen and oxygen atoms in total. The van der Waals surface area contributed by atoms with Crippen LogP contribution in [0.25, 0.3) is 5.78 Å². The van der Waals surface area contributed by atoms with Crippen LogP contribution >= 0.6 is 11.8 Å². The topological polar surface area (TPSA) is 90.0 Å². The van der Waals surface area contributed by atoms with Gasteiger partial charge < -0.3 is 9.88 Å². The zero-order chi connectivity index (χ0) is 24.6. The lowest BCUT2D eigenvalue weighted by Gasteiger charge is -2.13. The Balaban J connectivity index is 1.51. The minimum absolute atomic E-state index is 0.00127. The van der Waals surface area contributed by atoms with Crippen LogP contribution in [-0.2, 0) is 24.4 Å². The predicted molar refractivity (Wildman–Crippen MR) is 116 cm³/mol. The van der Waals surface area contributed by atoms with Crippen LogP contribution in [0.2, 0.25) is 0 Å². The SMILES string of the molecule is Cc1nc2nc(C(F)(F)F)nn2c(C)c1CCC(=O)Nc1cc(F)ccc1Sc1nccn1C. The number of benzene rings is 1. The molecular weight excluding hydrogens is 474 g/mol. The van der Waals surface area contributed by atoms with Crippen molar-refractivity contribution in [3.05, 3.63) is 59.2 Å². The summed E-state index contributed by atoms with van der Waals surface area (Å²) in [6.45, 7) is 3.23. The summed E-state index contributed by atoms with van der Waals surface area (Å²) in [7, 11) is 1.82. The third kappa shape index (κ3) is 4.88. The smallest absolute Gasteiger partial charge is 0.329 e. The summed E-state index contributed by atoms with van der Waals surface area (Å²) in [5.74, 6) is -2.33. The highest BCUT2D eigenvalue weighted by Gasteiger charge is 2.37. The van der Waals surface area contributed by atoms with Gasteiger partial charge in [0.25, 0.3) is 11.6 Å². The molecule has 0 radical (unpaired) electrons. The number of hydrogen-bond donors (Lipinski definition) is 1. The summed E-state index contributed by atoms with van der Waals surface area (Å²) in [4.78, 5) is 25.1. The highest BCUT2D eigenvalue weighted by atomic mass is 32.2. The van der Waals surface area contributed by atoms with Crippen molar-refractivity contribution in [1.29, 1.82) is 0 Å². The van der Waals surface area contributed by atoms with Gasteiger partial charge in [0.1, 0.15) is 5.82 Å². The number of nitrogens with one attached hydrogen (secondary N) is 1. The largest absolute Gasteiger partial charge is 0.453 e. The lowest BCUT2D eigenvalue weighted by Crippen LogP contribution is -2.15. The number of aryl methyl sites for hydroxylation is 3. The average molecular weight is 493 g/mol. The van der Waals surface area contributed by atoms with Crippen molar-refractivity contribution in [2.45, 2.75) is 42.9 Å². The summed E-state index contributed by atoms with van der Waals surface area (Å²) in [5, 5.41) is 6.89. The van der Waals surface area contributed by atoms with Gasteiger partial charge in [0.05, 0.1) is 5.69 Å². The number of carbonyl (C=O) groups excluding carboxylic acids is 1. The first-order valence-electron chi connectivity index (χ1n) is 10.1. The number of fused-ring (bicyclic) bond motifs is 1. The Morgan fingerprint density at radius 2 is 1.97 bits per heavy atom. The van der Waals surface area contributed by atoms with Crippen molar-refractivity contribution in [1.82, 2.24) is 29.1 Å². The Hall–Kier alpha value is -3.48. The summed E-state index contributed by atoms with van der Waals surface area (Å²) < 4.78 is 55.6. The van der Waals surface area contributed by atoms with Crippen LogP contribution in [0, 0.1) is 19.7 Å². The molecule has 0 aliphatic rings. The second-order valence-electron chi connectivity index (χ2n) is 7.52. The van der Waals surface area contributed by atoms with Crippen LogP contribution < -0.4 is 5.32 Å².